The molecule has 2 aromatic rings. The first-order chi connectivity index (χ1) is 15.9. The zero-order valence-electron chi connectivity index (χ0n) is 19.8. The SMILES string of the molecule is CCN(CC)CCN1C(=O)C(=O)/C(=C(\O)c2cccc(OCC(C)C)c2)C1c1cccnc1. The summed E-state index contributed by atoms with van der Waals surface area (Å²) >= 11 is 0. The molecule has 7 heteroatoms. The molecule has 1 N–H and O–H groups in total. The number of carbonyl (C=O) groups excluding carboxylic acids is 2. The van der Waals surface area contributed by atoms with Crippen molar-refractivity contribution in [1.82, 2.24) is 14.8 Å². The number of likely N-dealkylation sites (tertiary alicyclic amines) is 1. The van der Waals surface area contributed by atoms with Gasteiger partial charge in [0.05, 0.1) is 18.2 Å². The van der Waals surface area contributed by atoms with E-state index in [1.54, 1.807) is 47.6 Å². The lowest BCUT2D eigenvalue weighted by molar-refractivity contribution is -0.140. The third-order valence-electron chi connectivity index (χ3n) is 5.78. The number of ether oxygens (including phenoxy) is 1. The van der Waals surface area contributed by atoms with Crippen LogP contribution in [0.25, 0.3) is 5.76 Å². The van der Waals surface area contributed by atoms with Gasteiger partial charge < -0.3 is 19.6 Å². The lowest BCUT2D eigenvalue weighted by Crippen LogP contribution is -2.38. The van der Waals surface area contributed by atoms with Crippen molar-refractivity contribution >= 4 is 17.4 Å². The van der Waals surface area contributed by atoms with Crippen molar-refractivity contribution in [3.8, 4) is 5.75 Å². The predicted octanol–water partition coefficient (Wildman–Crippen LogP) is 3.88. The van der Waals surface area contributed by atoms with E-state index in [1.807, 2.05) is 6.07 Å². The molecule has 0 bridgehead atoms. The quantitative estimate of drug-likeness (QED) is 0.335. The fraction of sp³-hybridized carbons (Fsp3) is 0.423. The maximum Gasteiger partial charge on any atom is 0.295 e. The summed E-state index contributed by atoms with van der Waals surface area (Å²) in [6, 6.07) is 9.86. The van der Waals surface area contributed by atoms with Crippen molar-refractivity contribution in [1.29, 1.82) is 0 Å². The summed E-state index contributed by atoms with van der Waals surface area (Å²) in [5.74, 6) is -0.549. The molecule has 1 aromatic carbocycles. The predicted molar refractivity (Wildman–Crippen MR) is 128 cm³/mol. The molecule has 7 nitrogen and oxygen atoms in total. The van der Waals surface area contributed by atoms with Gasteiger partial charge in [-0.15, -0.1) is 0 Å². The van der Waals surface area contributed by atoms with Gasteiger partial charge in [0.15, 0.2) is 0 Å². The minimum atomic E-state index is -0.700. The zero-order chi connectivity index (χ0) is 24.0. The van der Waals surface area contributed by atoms with Crippen LogP contribution < -0.4 is 4.74 Å². The second-order valence-corrected chi connectivity index (χ2v) is 8.54. The number of ketones is 1. The van der Waals surface area contributed by atoms with Gasteiger partial charge >= 0.3 is 0 Å². The van der Waals surface area contributed by atoms with Crippen molar-refractivity contribution in [3.05, 3.63) is 65.5 Å². The van der Waals surface area contributed by atoms with E-state index in [1.165, 1.54) is 0 Å². The number of aromatic nitrogens is 1. The van der Waals surface area contributed by atoms with Gasteiger partial charge in [0, 0.05) is 31.0 Å². The molecule has 176 valence electrons. The van der Waals surface area contributed by atoms with Crippen LogP contribution in [0.15, 0.2) is 54.4 Å². The van der Waals surface area contributed by atoms with Gasteiger partial charge in [0.2, 0.25) is 0 Å². The molecule has 1 aliphatic rings. The highest BCUT2D eigenvalue weighted by atomic mass is 16.5. The molecule has 3 rings (SSSR count). The van der Waals surface area contributed by atoms with E-state index in [9.17, 15) is 14.7 Å². The fourth-order valence-corrected chi connectivity index (χ4v) is 3.94. The Balaban J connectivity index is 2.03. The number of Topliss-reactive ketones (excluding diaryl/α,β-unsaturated/α-hetero) is 1. The van der Waals surface area contributed by atoms with Gasteiger partial charge in [0.1, 0.15) is 11.5 Å². The molecular weight excluding hydrogens is 418 g/mol. The number of amides is 1. The van der Waals surface area contributed by atoms with Crippen LogP contribution >= 0.6 is 0 Å². The molecule has 1 fully saturated rings. The van der Waals surface area contributed by atoms with Crippen LogP contribution in [0, 0.1) is 5.92 Å². The Morgan fingerprint density at radius 2 is 1.94 bits per heavy atom. The van der Waals surface area contributed by atoms with Crippen LogP contribution in [0.3, 0.4) is 0 Å². The van der Waals surface area contributed by atoms with Crippen molar-refractivity contribution in [2.24, 2.45) is 5.92 Å². The Morgan fingerprint density at radius 1 is 1.18 bits per heavy atom. The lowest BCUT2D eigenvalue weighted by atomic mass is 9.96. The number of rotatable bonds is 10. The van der Waals surface area contributed by atoms with E-state index in [-0.39, 0.29) is 11.3 Å². The second kappa shape index (κ2) is 11.1. The molecule has 1 amide bonds. The van der Waals surface area contributed by atoms with Crippen LogP contribution in [0.5, 0.6) is 5.75 Å². The van der Waals surface area contributed by atoms with Gasteiger partial charge in [-0.25, -0.2) is 0 Å². The van der Waals surface area contributed by atoms with Crippen LogP contribution in [-0.2, 0) is 9.59 Å². The molecule has 33 heavy (non-hydrogen) atoms. The summed E-state index contributed by atoms with van der Waals surface area (Å²) in [7, 11) is 0. The number of hydrogen-bond donors (Lipinski definition) is 1. The Kier molecular flexibility index (Phi) is 8.22. The van der Waals surface area contributed by atoms with E-state index in [0.29, 0.717) is 42.5 Å². The fourth-order valence-electron chi connectivity index (χ4n) is 3.94. The number of pyridine rings is 1. The molecular formula is C26H33N3O4. The summed E-state index contributed by atoms with van der Waals surface area (Å²) in [4.78, 5) is 34.1. The van der Waals surface area contributed by atoms with Crippen LogP contribution in [0.4, 0.5) is 0 Å². The van der Waals surface area contributed by atoms with Gasteiger partial charge in [-0.2, -0.15) is 0 Å². The third-order valence-corrected chi connectivity index (χ3v) is 5.78. The van der Waals surface area contributed by atoms with E-state index in [2.05, 4.69) is 37.6 Å². The average molecular weight is 452 g/mol. The summed E-state index contributed by atoms with van der Waals surface area (Å²) in [5, 5.41) is 11.2. The molecule has 1 unspecified atom stereocenters. The Labute approximate surface area is 195 Å². The van der Waals surface area contributed by atoms with E-state index in [0.717, 1.165) is 13.1 Å². The lowest BCUT2D eigenvalue weighted by Gasteiger charge is -2.28. The number of carbonyl (C=O) groups is 2. The number of aliphatic hydroxyl groups is 1. The number of nitrogens with zero attached hydrogens (tertiary/aromatic N) is 3. The van der Waals surface area contributed by atoms with E-state index >= 15 is 0 Å². The van der Waals surface area contributed by atoms with Crippen LogP contribution in [-0.4, -0.2) is 64.4 Å². The van der Waals surface area contributed by atoms with Crippen molar-refractivity contribution < 1.29 is 19.4 Å². The van der Waals surface area contributed by atoms with Gasteiger partial charge in [-0.3, -0.25) is 14.6 Å². The molecule has 2 heterocycles. The Morgan fingerprint density at radius 3 is 2.58 bits per heavy atom. The first kappa shape index (κ1) is 24.5. The first-order valence-corrected chi connectivity index (χ1v) is 11.5. The Hall–Kier alpha value is -3.19. The zero-order valence-corrected chi connectivity index (χ0v) is 19.8. The largest absolute Gasteiger partial charge is 0.507 e. The number of hydrogen-bond acceptors (Lipinski definition) is 6. The summed E-state index contributed by atoms with van der Waals surface area (Å²) in [6.07, 6.45) is 3.28. The highest BCUT2D eigenvalue weighted by molar-refractivity contribution is 6.46. The maximum atomic E-state index is 13.1. The highest BCUT2D eigenvalue weighted by Gasteiger charge is 2.46. The minimum Gasteiger partial charge on any atom is -0.507 e. The topological polar surface area (TPSA) is 83.0 Å². The minimum absolute atomic E-state index is 0.0774. The molecule has 0 aliphatic carbocycles. The molecule has 1 saturated heterocycles. The van der Waals surface area contributed by atoms with Crippen LogP contribution in [0.1, 0.15) is 44.9 Å². The third kappa shape index (κ3) is 5.60. The van der Waals surface area contributed by atoms with Crippen LogP contribution in [0.2, 0.25) is 0 Å². The number of benzene rings is 1. The monoisotopic (exact) mass is 451 g/mol. The number of likely N-dealkylation sites (N-methyl/N-ethyl adjacent to an activating group) is 1. The molecule has 1 aliphatic heterocycles. The standard InChI is InChI=1S/C26H33N3O4/c1-5-28(6-2)13-14-29-23(20-10-8-12-27-16-20)22(25(31)26(29)32)24(30)19-9-7-11-21(15-19)33-17-18(3)4/h7-12,15-16,18,23,30H,5-6,13-14,17H2,1-4H3/b24-22-. The second-order valence-electron chi connectivity index (χ2n) is 8.54. The average Bonchev–Trinajstić information content (AvgIpc) is 3.08. The van der Waals surface area contributed by atoms with Crippen molar-refractivity contribution in [2.45, 2.75) is 33.7 Å². The first-order valence-electron chi connectivity index (χ1n) is 11.5. The van der Waals surface area contributed by atoms with Gasteiger partial charge in [-0.05, 0) is 42.8 Å². The molecule has 0 spiro atoms. The van der Waals surface area contributed by atoms with Gasteiger partial charge in [-0.1, -0.05) is 45.9 Å². The summed E-state index contributed by atoms with van der Waals surface area (Å²) < 4.78 is 5.78. The molecule has 0 saturated carbocycles. The summed E-state index contributed by atoms with van der Waals surface area (Å²) in [6.45, 7) is 11.5. The van der Waals surface area contributed by atoms with E-state index < -0.39 is 17.7 Å². The molecule has 1 aromatic heterocycles. The smallest absolute Gasteiger partial charge is 0.295 e. The van der Waals surface area contributed by atoms with Crippen molar-refractivity contribution in [3.63, 3.8) is 0 Å². The van der Waals surface area contributed by atoms with Crippen molar-refractivity contribution in [2.75, 3.05) is 32.8 Å². The van der Waals surface area contributed by atoms with E-state index in [4.69, 9.17) is 4.74 Å². The maximum absolute atomic E-state index is 13.1. The summed E-state index contributed by atoms with van der Waals surface area (Å²) in [5.41, 5.74) is 1.20. The molecule has 1 atom stereocenters. The van der Waals surface area contributed by atoms with Gasteiger partial charge in [0.25, 0.3) is 11.7 Å². The Bertz CT molecular complexity index is 1000. The highest BCUT2D eigenvalue weighted by Crippen LogP contribution is 2.39. The molecule has 0 radical (unpaired) electrons. The normalized spacial score (nSPS) is 17.9. The number of aliphatic hydroxyl groups excluding tert-OH is 1.